The molecule has 1 aromatic carbocycles. The molecule has 0 radical (unpaired) electrons. The van der Waals surface area contributed by atoms with Gasteiger partial charge in [0.05, 0.1) is 16.6 Å². The van der Waals surface area contributed by atoms with E-state index in [1.54, 1.807) is 13.8 Å². The molecule has 0 amide bonds. The largest absolute Gasteiger partial charge is 0.478 e. The second-order valence-electron chi connectivity index (χ2n) is 4.56. The van der Waals surface area contributed by atoms with Gasteiger partial charge in [-0.3, -0.25) is 0 Å². The molecule has 8 heteroatoms. The lowest BCUT2D eigenvalue weighted by atomic mass is 10.2. The Labute approximate surface area is 126 Å². The molecule has 0 saturated carbocycles. The maximum atomic E-state index is 12.2. The van der Waals surface area contributed by atoms with Gasteiger partial charge in [-0.05, 0) is 54.4 Å². The van der Waals surface area contributed by atoms with E-state index in [1.807, 2.05) is 0 Å². The minimum atomic E-state index is -3.86. The number of hydrogen-bond donors (Lipinski definition) is 3. The summed E-state index contributed by atoms with van der Waals surface area (Å²) in [6, 6.07) is 3.30. The molecule has 1 rings (SSSR count). The SMILES string of the molecule is CC(O)CC(C)NS(=O)(=O)c1cc(C(=O)O)ccc1Br. The van der Waals surface area contributed by atoms with Gasteiger partial charge in [0.2, 0.25) is 10.0 Å². The lowest BCUT2D eigenvalue weighted by Gasteiger charge is -2.16. The Balaban J connectivity index is 3.09. The molecule has 0 saturated heterocycles. The summed E-state index contributed by atoms with van der Waals surface area (Å²) in [4.78, 5) is 10.8. The molecule has 0 aliphatic carbocycles. The fraction of sp³-hybridized carbons (Fsp3) is 0.417. The zero-order valence-electron chi connectivity index (χ0n) is 11.0. The van der Waals surface area contributed by atoms with Crippen LogP contribution in [0.15, 0.2) is 27.6 Å². The molecule has 0 aliphatic rings. The van der Waals surface area contributed by atoms with Crippen molar-refractivity contribution in [3.63, 3.8) is 0 Å². The summed E-state index contributed by atoms with van der Waals surface area (Å²) in [5.41, 5.74) is -0.114. The van der Waals surface area contributed by atoms with Gasteiger partial charge in [-0.25, -0.2) is 17.9 Å². The minimum absolute atomic E-state index is 0.114. The van der Waals surface area contributed by atoms with Crippen LogP contribution in [0.25, 0.3) is 0 Å². The highest BCUT2D eigenvalue weighted by Crippen LogP contribution is 2.23. The van der Waals surface area contributed by atoms with Gasteiger partial charge in [-0.1, -0.05) is 0 Å². The summed E-state index contributed by atoms with van der Waals surface area (Å²) in [5.74, 6) is -1.20. The number of benzene rings is 1. The molecule has 1 aromatic rings. The fourth-order valence-electron chi connectivity index (χ4n) is 1.73. The number of rotatable bonds is 6. The Morgan fingerprint density at radius 2 is 2.00 bits per heavy atom. The van der Waals surface area contributed by atoms with Crippen molar-refractivity contribution in [1.82, 2.24) is 4.72 Å². The number of nitrogens with one attached hydrogen (secondary N) is 1. The molecule has 0 heterocycles. The molecule has 0 bridgehead atoms. The molecule has 20 heavy (non-hydrogen) atoms. The van der Waals surface area contributed by atoms with Crippen molar-refractivity contribution in [2.45, 2.75) is 37.3 Å². The predicted octanol–water partition coefficient (Wildman–Crippen LogP) is 1.59. The maximum Gasteiger partial charge on any atom is 0.335 e. The number of carboxylic acid groups (broad SMARTS) is 1. The molecule has 6 nitrogen and oxygen atoms in total. The van der Waals surface area contributed by atoms with E-state index in [0.717, 1.165) is 6.07 Å². The third kappa shape index (κ3) is 4.55. The average molecular weight is 366 g/mol. The highest BCUT2D eigenvalue weighted by atomic mass is 79.9. The van der Waals surface area contributed by atoms with E-state index in [-0.39, 0.29) is 21.4 Å². The first-order chi connectivity index (χ1) is 9.13. The Hall–Kier alpha value is -0.960. The normalized spacial score (nSPS) is 14.8. The number of halogens is 1. The lowest BCUT2D eigenvalue weighted by Crippen LogP contribution is -2.34. The molecule has 3 N–H and O–H groups in total. The Morgan fingerprint density at radius 3 is 2.50 bits per heavy atom. The Morgan fingerprint density at radius 1 is 1.40 bits per heavy atom. The first kappa shape index (κ1) is 17.1. The van der Waals surface area contributed by atoms with Gasteiger partial charge in [0, 0.05) is 10.5 Å². The number of aliphatic hydroxyl groups excluding tert-OH is 1. The topological polar surface area (TPSA) is 104 Å². The molecule has 2 unspecified atom stereocenters. The van der Waals surface area contributed by atoms with Gasteiger partial charge in [0.1, 0.15) is 0 Å². The van der Waals surface area contributed by atoms with Gasteiger partial charge in [-0.15, -0.1) is 0 Å². The predicted molar refractivity (Wildman–Crippen MR) is 77.2 cm³/mol. The van der Waals surface area contributed by atoms with Crippen molar-refractivity contribution in [3.8, 4) is 0 Å². The van der Waals surface area contributed by atoms with Crippen LogP contribution in [0.1, 0.15) is 30.6 Å². The van der Waals surface area contributed by atoms with Crippen LogP contribution in [0.2, 0.25) is 0 Å². The van der Waals surface area contributed by atoms with Crippen LogP contribution >= 0.6 is 15.9 Å². The first-order valence-corrected chi connectivity index (χ1v) is 8.14. The molecule has 2 atom stereocenters. The van der Waals surface area contributed by atoms with Crippen molar-refractivity contribution < 1.29 is 23.4 Å². The second kappa shape index (κ2) is 6.66. The number of carbonyl (C=O) groups is 1. The quantitative estimate of drug-likeness (QED) is 0.709. The van der Waals surface area contributed by atoms with Crippen molar-refractivity contribution >= 4 is 31.9 Å². The van der Waals surface area contributed by atoms with Gasteiger partial charge < -0.3 is 10.2 Å². The molecule has 0 spiro atoms. The van der Waals surface area contributed by atoms with Crippen molar-refractivity contribution in [3.05, 3.63) is 28.2 Å². The first-order valence-electron chi connectivity index (χ1n) is 5.86. The molecule has 112 valence electrons. The maximum absolute atomic E-state index is 12.2. The smallest absolute Gasteiger partial charge is 0.335 e. The van der Waals surface area contributed by atoms with Crippen LogP contribution < -0.4 is 4.72 Å². The summed E-state index contributed by atoms with van der Waals surface area (Å²) in [7, 11) is -3.86. The van der Waals surface area contributed by atoms with Crippen molar-refractivity contribution in [2.24, 2.45) is 0 Å². The van der Waals surface area contributed by atoms with Crippen LogP contribution in [-0.4, -0.2) is 36.7 Å². The van der Waals surface area contributed by atoms with Gasteiger partial charge in [0.15, 0.2) is 0 Å². The minimum Gasteiger partial charge on any atom is -0.478 e. The van der Waals surface area contributed by atoms with Crippen LogP contribution in [0.5, 0.6) is 0 Å². The fourth-order valence-corrected chi connectivity index (χ4v) is 3.98. The van der Waals surface area contributed by atoms with Crippen molar-refractivity contribution in [2.75, 3.05) is 0 Å². The molecule has 0 aromatic heterocycles. The molecular formula is C12H16BrNO5S. The van der Waals surface area contributed by atoms with Crippen molar-refractivity contribution in [1.29, 1.82) is 0 Å². The van der Waals surface area contributed by atoms with Gasteiger partial charge in [0.25, 0.3) is 0 Å². The number of aliphatic hydroxyl groups is 1. The monoisotopic (exact) mass is 365 g/mol. The van der Waals surface area contributed by atoms with E-state index < -0.39 is 28.1 Å². The third-order valence-corrected chi connectivity index (χ3v) is 5.10. The highest BCUT2D eigenvalue weighted by Gasteiger charge is 2.22. The third-order valence-electron chi connectivity index (χ3n) is 2.52. The summed E-state index contributed by atoms with van der Waals surface area (Å²) < 4.78 is 27.1. The summed E-state index contributed by atoms with van der Waals surface area (Å²) in [5, 5.41) is 18.1. The van der Waals surface area contributed by atoms with Crippen LogP contribution in [0.3, 0.4) is 0 Å². The number of hydrogen-bond acceptors (Lipinski definition) is 4. The zero-order valence-corrected chi connectivity index (χ0v) is 13.4. The van der Waals surface area contributed by atoms with Crippen LogP contribution in [-0.2, 0) is 10.0 Å². The number of aromatic carboxylic acids is 1. The Bertz CT molecular complexity index is 600. The standard InChI is InChI=1S/C12H16BrNO5S/c1-7(5-8(2)15)14-20(18,19)11-6-9(12(16)17)3-4-10(11)13/h3-4,6-8,14-15H,5H2,1-2H3,(H,16,17). The zero-order chi connectivity index (χ0) is 15.5. The summed E-state index contributed by atoms with van der Waals surface area (Å²) >= 11 is 3.09. The average Bonchev–Trinajstić information content (AvgIpc) is 2.26. The molecular weight excluding hydrogens is 350 g/mol. The van der Waals surface area contributed by atoms with Crippen LogP contribution in [0, 0.1) is 0 Å². The van der Waals surface area contributed by atoms with E-state index in [0.29, 0.717) is 0 Å². The second-order valence-corrected chi connectivity index (χ2v) is 7.09. The Kier molecular flexibility index (Phi) is 5.69. The lowest BCUT2D eigenvalue weighted by molar-refractivity contribution is 0.0696. The summed E-state index contributed by atoms with van der Waals surface area (Å²) in [6.07, 6.45) is -0.378. The highest BCUT2D eigenvalue weighted by molar-refractivity contribution is 9.10. The summed E-state index contributed by atoms with van der Waals surface area (Å²) in [6.45, 7) is 3.19. The number of sulfonamides is 1. The van der Waals surface area contributed by atoms with E-state index >= 15 is 0 Å². The van der Waals surface area contributed by atoms with Crippen LogP contribution in [0.4, 0.5) is 0 Å². The van der Waals surface area contributed by atoms with E-state index in [4.69, 9.17) is 5.11 Å². The van der Waals surface area contributed by atoms with E-state index in [1.165, 1.54) is 12.1 Å². The number of carboxylic acids is 1. The molecule has 0 aliphatic heterocycles. The van der Waals surface area contributed by atoms with E-state index in [9.17, 15) is 18.3 Å². The van der Waals surface area contributed by atoms with Gasteiger partial charge >= 0.3 is 5.97 Å². The van der Waals surface area contributed by atoms with E-state index in [2.05, 4.69) is 20.7 Å². The molecule has 0 fully saturated rings. The van der Waals surface area contributed by atoms with Gasteiger partial charge in [-0.2, -0.15) is 0 Å².